The van der Waals surface area contributed by atoms with Crippen LogP contribution in [-0.2, 0) is 13.0 Å². The molecule has 39 heavy (non-hydrogen) atoms. The highest BCUT2D eigenvalue weighted by Crippen LogP contribution is 2.37. The van der Waals surface area contributed by atoms with Crippen LogP contribution in [0, 0.1) is 23.0 Å². The molecule has 2 N–H and O–H groups in total. The van der Waals surface area contributed by atoms with Crippen LogP contribution in [0.25, 0.3) is 33.6 Å². The highest BCUT2D eigenvalue weighted by molar-refractivity contribution is 6.11. The molecule has 0 saturated carbocycles. The summed E-state index contributed by atoms with van der Waals surface area (Å²) in [6.45, 7) is 1.61. The van der Waals surface area contributed by atoms with Gasteiger partial charge in [-0.15, -0.1) is 0 Å². The van der Waals surface area contributed by atoms with E-state index in [2.05, 4.69) is 15.6 Å². The van der Waals surface area contributed by atoms with Gasteiger partial charge in [0.2, 0.25) is 5.71 Å². The van der Waals surface area contributed by atoms with E-state index in [9.17, 15) is 26.7 Å². The molecular weight excluding hydrogens is 519 g/mol. The lowest BCUT2D eigenvalue weighted by Crippen LogP contribution is -2.24. The molecule has 0 radical (unpaired) electrons. The van der Waals surface area contributed by atoms with E-state index in [1.165, 1.54) is 55.6 Å². The Labute approximate surface area is 220 Å². The molecule has 4 rings (SSSR count). The van der Waals surface area contributed by atoms with Crippen LogP contribution in [0.1, 0.15) is 35.0 Å². The van der Waals surface area contributed by atoms with Crippen molar-refractivity contribution in [2.45, 2.75) is 38.5 Å². The van der Waals surface area contributed by atoms with Crippen LogP contribution >= 0.6 is 0 Å². The van der Waals surface area contributed by atoms with Crippen LogP contribution in [0.2, 0.25) is 0 Å². The third kappa shape index (κ3) is 6.23. The molecule has 11 heteroatoms. The molecule has 0 saturated heterocycles. The summed E-state index contributed by atoms with van der Waals surface area (Å²) in [7, 11) is 1.41. The number of pyridine rings is 1. The van der Waals surface area contributed by atoms with E-state index in [4.69, 9.17) is 9.68 Å². The highest BCUT2D eigenvalue weighted by Gasteiger charge is 2.29. The van der Waals surface area contributed by atoms with Gasteiger partial charge in [0, 0.05) is 36.7 Å². The van der Waals surface area contributed by atoms with Crippen LogP contribution in [0.4, 0.5) is 22.0 Å². The fourth-order valence-corrected chi connectivity index (χ4v) is 4.10. The lowest BCUT2D eigenvalue weighted by atomic mass is 9.96. The normalized spacial score (nSPS) is 12.4. The Balaban J connectivity index is 1.92. The number of carbonyl (C=O) groups excluding carboxylic acids is 1. The number of nitrogens with one attached hydrogen (secondary N) is 2. The summed E-state index contributed by atoms with van der Waals surface area (Å²) in [5, 5.41) is 14.6. The number of nitrogens with zero attached hydrogens (tertiary/aromatic N) is 2. The van der Waals surface area contributed by atoms with Gasteiger partial charge in [-0.3, -0.25) is 10.1 Å². The smallest absolute Gasteiger partial charge is 0.389 e. The maximum Gasteiger partial charge on any atom is 0.389 e. The van der Waals surface area contributed by atoms with Gasteiger partial charge in [0.25, 0.3) is 5.91 Å². The zero-order chi connectivity index (χ0) is 28.3. The summed E-state index contributed by atoms with van der Waals surface area (Å²) < 4.78 is 73.4. The molecule has 2 aromatic carbocycles. The Morgan fingerprint density at radius 3 is 2.44 bits per heavy atom. The van der Waals surface area contributed by atoms with E-state index in [-0.39, 0.29) is 45.8 Å². The second-order valence-corrected chi connectivity index (χ2v) is 8.88. The molecule has 202 valence electrons. The van der Waals surface area contributed by atoms with E-state index in [1.54, 1.807) is 6.92 Å². The first-order chi connectivity index (χ1) is 18.5. The fourth-order valence-electron chi connectivity index (χ4n) is 4.10. The first kappa shape index (κ1) is 27.7. The maximum absolute atomic E-state index is 14.6. The molecule has 1 atom stereocenters. The predicted octanol–water partition coefficient (Wildman–Crippen LogP) is 6.30. The van der Waals surface area contributed by atoms with Crippen molar-refractivity contribution < 1.29 is 31.2 Å². The second-order valence-electron chi connectivity index (χ2n) is 8.88. The Kier molecular flexibility index (Phi) is 7.97. The minimum atomic E-state index is -4.46. The van der Waals surface area contributed by atoms with E-state index >= 15 is 0 Å². The number of aryl methyl sites for hydroxylation is 1. The number of aromatic nitrogens is 1. The number of carbonyl (C=O) groups is 1. The van der Waals surface area contributed by atoms with Gasteiger partial charge in [0.05, 0.1) is 28.8 Å². The van der Waals surface area contributed by atoms with Gasteiger partial charge in [-0.2, -0.15) is 18.4 Å². The first-order valence-electron chi connectivity index (χ1n) is 11.9. The molecule has 0 aliphatic heterocycles. The van der Waals surface area contributed by atoms with Crippen LogP contribution in [0.15, 0.2) is 52.9 Å². The number of amides is 1. The Hall–Kier alpha value is -4.30. The Bertz CT molecular complexity index is 1560. The van der Waals surface area contributed by atoms with Gasteiger partial charge < -0.3 is 9.73 Å². The SMILES string of the molecule is CNC(=O)c1c(-c2ccc(F)cc2)oc2nc(CCC(F)(F)F)c(-c3ccc(F)c(CNC(C)C#N)c3)cc12. The number of benzene rings is 2. The third-order valence-electron chi connectivity index (χ3n) is 6.12. The molecule has 0 spiro atoms. The summed E-state index contributed by atoms with van der Waals surface area (Å²) in [5.41, 5.74) is 1.24. The quantitative estimate of drug-likeness (QED) is 0.255. The molecule has 0 fully saturated rings. The van der Waals surface area contributed by atoms with Gasteiger partial charge in [0.15, 0.2) is 0 Å². The van der Waals surface area contributed by atoms with Crippen molar-refractivity contribution in [3.63, 3.8) is 0 Å². The van der Waals surface area contributed by atoms with Crippen molar-refractivity contribution in [1.82, 2.24) is 15.6 Å². The van der Waals surface area contributed by atoms with Crippen molar-refractivity contribution in [2.75, 3.05) is 7.05 Å². The van der Waals surface area contributed by atoms with E-state index in [1.807, 2.05) is 6.07 Å². The number of nitriles is 1. The minimum absolute atomic E-state index is 0.00583. The minimum Gasteiger partial charge on any atom is -0.437 e. The van der Waals surface area contributed by atoms with E-state index < -0.39 is 42.6 Å². The molecule has 2 aromatic heterocycles. The van der Waals surface area contributed by atoms with Crippen molar-refractivity contribution in [3.05, 3.63) is 77.0 Å². The zero-order valence-corrected chi connectivity index (χ0v) is 20.9. The number of hydrogen-bond acceptors (Lipinski definition) is 5. The summed E-state index contributed by atoms with van der Waals surface area (Å²) in [6, 6.07) is 12.2. The van der Waals surface area contributed by atoms with Gasteiger partial charge in [-0.1, -0.05) is 6.07 Å². The average molecular weight is 543 g/mol. The first-order valence-corrected chi connectivity index (χ1v) is 11.9. The molecule has 4 aromatic rings. The van der Waals surface area contributed by atoms with Gasteiger partial charge in [-0.05, 0) is 61.4 Å². The van der Waals surface area contributed by atoms with Gasteiger partial charge in [-0.25, -0.2) is 13.8 Å². The van der Waals surface area contributed by atoms with E-state index in [0.29, 0.717) is 11.1 Å². The third-order valence-corrected chi connectivity index (χ3v) is 6.12. The van der Waals surface area contributed by atoms with Crippen LogP contribution in [-0.4, -0.2) is 30.2 Å². The maximum atomic E-state index is 14.6. The lowest BCUT2D eigenvalue weighted by Gasteiger charge is -2.13. The standard InChI is InChI=1S/C28H23F5N4O2/c1-15(13-34)36-14-18-11-17(5-8-22(18)30)20-12-21-24(26(38)35-2)25(16-3-6-19(29)7-4-16)39-27(21)37-23(20)9-10-28(31,32)33/h3-8,11-12,15,36H,9-10,14H2,1-2H3,(H,35,38). The number of fused-ring (bicyclic) bond motifs is 1. The molecule has 0 bridgehead atoms. The largest absolute Gasteiger partial charge is 0.437 e. The zero-order valence-electron chi connectivity index (χ0n) is 20.9. The summed E-state index contributed by atoms with van der Waals surface area (Å²) in [4.78, 5) is 17.3. The highest BCUT2D eigenvalue weighted by atomic mass is 19.4. The number of rotatable bonds is 8. The predicted molar refractivity (Wildman–Crippen MR) is 134 cm³/mol. The Morgan fingerprint density at radius 1 is 1.10 bits per heavy atom. The van der Waals surface area contributed by atoms with Crippen molar-refractivity contribution in [3.8, 4) is 28.5 Å². The molecule has 0 aliphatic carbocycles. The molecule has 1 amide bonds. The molecule has 6 nitrogen and oxygen atoms in total. The molecule has 0 aliphatic rings. The number of alkyl halides is 3. The molecule has 2 heterocycles. The van der Waals surface area contributed by atoms with Gasteiger partial charge >= 0.3 is 6.18 Å². The molecular formula is C28H23F5N4O2. The number of furan rings is 1. The van der Waals surface area contributed by atoms with Crippen LogP contribution in [0.5, 0.6) is 0 Å². The summed E-state index contributed by atoms with van der Waals surface area (Å²) >= 11 is 0. The Morgan fingerprint density at radius 2 is 1.79 bits per heavy atom. The fraction of sp³-hybridized carbons (Fsp3) is 0.250. The van der Waals surface area contributed by atoms with Crippen LogP contribution < -0.4 is 10.6 Å². The summed E-state index contributed by atoms with van der Waals surface area (Å²) in [5.74, 6) is -1.53. The monoisotopic (exact) mass is 542 g/mol. The summed E-state index contributed by atoms with van der Waals surface area (Å²) in [6.07, 6.45) is -6.12. The van der Waals surface area contributed by atoms with E-state index in [0.717, 1.165) is 0 Å². The van der Waals surface area contributed by atoms with Crippen molar-refractivity contribution >= 4 is 17.0 Å². The van der Waals surface area contributed by atoms with Crippen molar-refractivity contribution in [1.29, 1.82) is 5.26 Å². The second kappa shape index (κ2) is 11.2. The van der Waals surface area contributed by atoms with Crippen molar-refractivity contribution in [2.24, 2.45) is 0 Å². The number of hydrogen-bond donors (Lipinski definition) is 2. The number of halogens is 5. The topological polar surface area (TPSA) is 90.9 Å². The van der Waals surface area contributed by atoms with Crippen LogP contribution in [0.3, 0.4) is 0 Å². The lowest BCUT2D eigenvalue weighted by molar-refractivity contribution is -0.134. The van der Waals surface area contributed by atoms with Gasteiger partial charge in [0.1, 0.15) is 17.4 Å². The molecule has 1 unspecified atom stereocenters. The average Bonchev–Trinajstić information content (AvgIpc) is 3.28.